The molecular weight excluding hydrogens is 162 g/mol. The molecule has 3 nitrogen and oxygen atoms in total. The molecule has 0 saturated carbocycles. The van der Waals surface area contributed by atoms with Crippen LogP contribution in [0.1, 0.15) is 11.3 Å². The van der Waals surface area contributed by atoms with Gasteiger partial charge in [0, 0.05) is 6.20 Å². The Hall–Kier alpha value is -1.90. The van der Waals surface area contributed by atoms with Gasteiger partial charge in [0.2, 0.25) is 0 Å². The zero-order valence-corrected chi connectivity index (χ0v) is 7.01. The molecule has 0 amide bonds. The quantitative estimate of drug-likeness (QED) is 0.750. The minimum Gasteiger partial charge on any atom is -0.265 e. The van der Waals surface area contributed by atoms with Crippen LogP contribution in [0.4, 0.5) is 0 Å². The van der Waals surface area contributed by atoms with Crippen molar-refractivity contribution in [1.82, 2.24) is 15.4 Å². The minimum atomic E-state index is 0.837. The molecule has 0 aliphatic heterocycles. The van der Waals surface area contributed by atoms with Crippen LogP contribution in [0.25, 0.3) is 12.2 Å². The van der Waals surface area contributed by atoms with Crippen molar-refractivity contribution in [3.8, 4) is 0 Å². The highest BCUT2D eigenvalue weighted by molar-refractivity contribution is 5.67. The van der Waals surface area contributed by atoms with Crippen molar-refractivity contribution >= 4 is 12.2 Å². The van der Waals surface area contributed by atoms with E-state index in [-0.39, 0.29) is 0 Å². The SMILES string of the molecule is C(=Cc1c[nH]nn1)c1ccccc1. The molecule has 64 valence electrons. The van der Waals surface area contributed by atoms with E-state index in [9.17, 15) is 0 Å². The van der Waals surface area contributed by atoms with E-state index in [1.54, 1.807) is 6.20 Å². The standard InChI is InChI=1S/C10H9N3/c1-2-4-9(5-3-1)6-7-10-8-11-13-12-10/h1-8H,(H,11,12,13). The van der Waals surface area contributed by atoms with E-state index in [0.29, 0.717) is 0 Å². The Morgan fingerprint density at radius 1 is 1.08 bits per heavy atom. The Morgan fingerprint density at radius 3 is 2.62 bits per heavy atom. The lowest BCUT2D eigenvalue weighted by molar-refractivity contribution is 0.937. The van der Waals surface area contributed by atoms with Crippen LogP contribution >= 0.6 is 0 Å². The van der Waals surface area contributed by atoms with Gasteiger partial charge in [-0.25, -0.2) is 0 Å². The molecule has 13 heavy (non-hydrogen) atoms. The van der Waals surface area contributed by atoms with Gasteiger partial charge in [0.25, 0.3) is 0 Å². The van der Waals surface area contributed by atoms with Crippen LogP contribution in [0.2, 0.25) is 0 Å². The third-order valence-electron chi connectivity index (χ3n) is 1.68. The zero-order valence-electron chi connectivity index (χ0n) is 7.01. The lowest BCUT2D eigenvalue weighted by Gasteiger charge is -1.88. The molecule has 0 unspecified atom stereocenters. The van der Waals surface area contributed by atoms with Gasteiger partial charge in [-0.1, -0.05) is 41.6 Å². The number of nitrogens with one attached hydrogen (secondary N) is 1. The summed E-state index contributed by atoms with van der Waals surface area (Å²) in [7, 11) is 0. The zero-order chi connectivity index (χ0) is 8.93. The summed E-state index contributed by atoms with van der Waals surface area (Å²) >= 11 is 0. The molecule has 0 bridgehead atoms. The molecule has 0 saturated heterocycles. The summed E-state index contributed by atoms with van der Waals surface area (Å²) in [6.45, 7) is 0. The van der Waals surface area contributed by atoms with Crippen molar-refractivity contribution in [2.24, 2.45) is 0 Å². The summed E-state index contributed by atoms with van der Waals surface area (Å²) in [6, 6.07) is 10.1. The summed E-state index contributed by atoms with van der Waals surface area (Å²) in [6.07, 6.45) is 5.66. The van der Waals surface area contributed by atoms with E-state index in [1.165, 1.54) is 0 Å². The number of aromatic amines is 1. The van der Waals surface area contributed by atoms with Gasteiger partial charge in [-0.3, -0.25) is 5.10 Å². The first kappa shape index (κ1) is 7.73. The van der Waals surface area contributed by atoms with Crippen molar-refractivity contribution in [3.63, 3.8) is 0 Å². The van der Waals surface area contributed by atoms with Crippen molar-refractivity contribution in [1.29, 1.82) is 0 Å². The second-order valence-electron chi connectivity index (χ2n) is 2.64. The van der Waals surface area contributed by atoms with Gasteiger partial charge in [-0.15, -0.1) is 5.10 Å². The smallest absolute Gasteiger partial charge is 0.105 e. The number of benzene rings is 1. The number of nitrogens with zero attached hydrogens (tertiary/aromatic N) is 2. The summed E-state index contributed by atoms with van der Waals surface area (Å²) < 4.78 is 0. The second kappa shape index (κ2) is 3.67. The maximum atomic E-state index is 3.84. The lowest BCUT2D eigenvalue weighted by atomic mass is 10.2. The van der Waals surface area contributed by atoms with E-state index >= 15 is 0 Å². The Bertz CT molecular complexity index is 376. The van der Waals surface area contributed by atoms with E-state index in [2.05, 4.69) is 15.4 Å². The van der Waals surface area contributed by atoms with Gasteiger partial charge in [0.15, 0.2) is 0 Å². The Morgan fingerprint density at radius 2 is 1.92 bits per heavy atom. The van der Waals surface area contributed by atoms with Crippen LogP contribution in [0.3, 0.4) is 0 Å². The van der Waals surface area contributed by atoms with Crippen LogP contribution in [0.5, 0.6) is 0 Å². The number of H-pyrrole nitrogens is 1. The van der Waals surface area contributed by atoms with Crippen LogP contribution in [-0.4, -0.2) is 15.4 Å². The van der Waals surface area contributed by atoms with E-state index in [1.807, 2.05) is 42.5 Å². The number of aromatic nitrogens is 3. The van der Waals surface area contributed by atoms with Crippen molar-refractivity contribution in [2.75, 3.05) is 0 Å². The van der Waals surface area contributed by atoms with Gasteiger partial charge in [-0.05, 0) is 11.6 Å². The van der Waals surface area contributed by atoms with E-state index in [4.69, 9.17) is 0 Å². The fourth-order valence-corrected chi connectivity index (χ4v) is 1.04. The highest BCUT2D eigenvalue weighted by atomic mass is 15.3. The maximum absolute atomic E-state index is 3.84. The number of hydrogen-bond acceptors (Lipinski definition) is 2. The molecule has 1 aromatic carbocycles. The van der Waals surface area contributed by atoms with E-state index in [0.717, 1.165) is 11.3 Å². The molecule has 2 rings (SSSR count). The van der Waals surface area contributed by atoms with Gasteiger partial charge in [-0.2, -0.15) is 0 Å². The molecular formula is C10H9N3. The average Bonchev–Trinajstić information content (AvgIpc) is 2.69. The normalized spacial score (nSPS) is 10.8. The summed E-state index contributed by atoms with van der Waals surface area (Å²) in [5.74, 6) is 0. The number of rotatable bonds is 2. The topological polar surface area (TPSA) is 41.6 Å². The molecule has 1 aromatic heterocycles. The molecule has 0 aliphatic carbocycles. The van der Waals surface area contributed by atoms with Gasteiger partial charge < -0.3 is 0 Å². The van der Waals surface area contributed by atoms with Gasteiger partial charge in [0.1, 0.15) is 5.69 Å². The van der Waals surface area contributed by atoms with Crippen molar-refractivity contribution < 1.29 is 0 Å². The highest BCUT2D eigenvalue weighted by Crippen LogP contribution is 2.03. The summed E-state index contributed by atoms with van der Waals surface area (Å²) in [4.78, 5) is 0. The Kier molecular flexibility index (Phi) is 2.18. The highest BCUT2D eigenvalue weighted by Gasteiger charge is 1.87. The molecule has 3 heteroatoms. The molecule has 0 fully saturated rings. The maximum Gasteiger partial charge on any atom is 0.105 e. The lowest BCUT2D eigenvalue weighted by Crippen LogP contribution is -1.72. The largest absolute Gasteiger partial charge is 0.265 e. The molecule has 1 heterocycles. The minimum absolute atomic E-state index is 0.837. The summed E-state index contributed by atoms with van der Waals surface area (Å²) in [5.41, 5.74) is 1.99. The molecule has 0 atom stereocenters. The van der Waals surface area contributed by atoms with Crippen molar-refractivity contribution in [3.05, 3.63) is 47.8 Å². The molecule has 1 N–H and O–H groups in total. The van der Waals surface area contributed by atoms with Crippen LogP contribution < -0.4 is 0 Å². The van der Waals surface area contributed by atoms with Gasteiger partial charge in [0.05, 0.1) is 0 Å². The Labute approximate surface area is 76.1 Å². The summed E-state index contributed by atoms with van der Waals surface area (Å²) in [5, 5.41) is 10.1. The Balaban J connectivity index is 2.15. The van der Waals surface area contributed by atoms with Crippen LogP contribution in [0.15, 0.2) is 36.5 Å². The van der Waals surface area contributed by atoms with Crippen LogP contribution in [0, 0.1) is 0 Å². The molecule has 0 radical (unpaired) electrons. The fourth-order valence-electron chi connectivity index (χ4n) is 1.04. The van der Waals surface area contributed by atoms with Gasteiger partial charge >= 0.3 is 0 Å². The average molecular weight is 171 g/mol. The van der Waals surface area contributed by atoms with E-state index < -0.39 is 0 Å². The monoisotopic (exact) mass is 171 g/mol. The predicted octanol–water partition coefficient (Wildman–Crippen LogP) is 1.98. The first-order valence-corrected chi connectivity index (χ1v) is 4.05. The fraction of sp³-hybridized carbons (Fsp3) is 0. The second-order valence-corrected chi connectivity index (χ2v) is 2.64. The molecule has 0 aliphatic rings. The van der Waals surface area contributed by atoms with Crippen molar-refractivity contribution in [2.45, 2.75) is 0 Å². The third-order valence-corrected chi connectivity index (χ3v) is 1.68. The predicted molar refractivity (Wildman–Crippen MR) is 51.8 cm³/mol. The molecule has 0 spiro atoms. The number of hydrogen-bond donors (Lipinski definition) is 1. The first-order chi connectivity index (χ1) is 6.45. The van der Waals surface area contributed by atoms with Crippen LogP contribution in [-0.2, 0) is 0 Å². The molecule has 2 aromatic rings. The first-order valence-electron chi connectivity index (χ1n) is 4.05. The third kappa shape index (κ3) is 2.02.